The second-order valence-electron chi connectivity index (χ2n) is 6.16. The van der Waals surface area contributed by atoms with Gasteiger partial charge in [-0.25, -0.2) is 9.97 Å². The third-order valence-electron chi connectivity index (χ3n) is 4.23. The Morgan fingerprint density at radius 3 is 2.86 bits per heavy atom. The molecular formula is C17H22N4O. The minimum atomic E-state index is -0.131. The Balaban J connectivity index is 1.81. The molecule has 5 heteroatoms. The molecule has 0 amide bonds. The summed E-state index contributed by atoms with van der Waals surface area (Å²) in [5.41, 5.74) is 1.42. The van der Waals surface area contributed by atoms with Crippen LogP contribution in [-0.2, 0) is 0 Å². The first-order chi connectivity index (χ1) is 10.6. The molecule has 0 saturated carbocycles. The van der Waals surface area contributed by atoms with Gasteiger partial charge < -0.3 is 9.88 Å². The number of aromatic nitrogens is 3. The number of H-pyrrole nitrogens is 1. The molecule has 116 valence electrons. The van der Waals surface area contributed by atoms with E-state index in [1.165, 1.54) is 25.3 Å². The largest absolute Gasteiger partial charge is 0.357 e. The second-order valence-corrected chi connectivity index (χ2v) is 6.16. The number of hydrogen-bond donors (Lipinski definition) is 1. The first-order valence-electron chi connectivity index (χ1n) is 7.91. The fraction of sp³-hybridized carbons (Fsp3) is 0.471. The van der Waals surface area contributed by atoms with Crippen LogP contribution < -0.4 is 10.5 Å². The Bertz CT molecular complexity index is 693. The number of aromatic amines is 1. The minimum Gasteiger partial charge on any atom is -0.357 e. The van der Waals surface area contributed by atoms with Crippen LogP contribution in [0.1, 0.15) is 31.9 Å². The Hall–Kier alpha value is -2.17. The van der Waals surface area contributed by atoms with Gasteiger partial charge in [-0.3, -0.25) is 4.79 Å². The number of aryl methyl sites for hydroxylation is 1. The Kier molecular flexibility index (Phi) is 4.22. The molecular weight excluding hydrogens is 276 g/mol. The molecule has 0 bridgehead atoms. The molecule has 1 atom stereocenters. The monoisotopic (exact) mass is 298 g/mol. The van der Waals surface area contributed by atoms with Gasteiger partial charge in [0.25, 0.3) is 5.56 Å². The third kappa shape index (κ3) is 3.35. The molecule has 2 aromatic heterocycles. The van der Waals surface area contributed by atoms with Gasteiger partial charge >= 0.3 is 0 Å². The van der Waals surface area contributed by atoms with E-state index in [1.807, 2.05) is 19.1 Å². The molecule has 0 aliphatic carbocycles. The molecule has 1 unspecified atom stereocenters. The lowest BCUT2D eigenvalue weighted by atomic mass is 10.0. The fourth-order valence-electron chi connectivity index (χ4n) is 2.92. The zero-order valence-corrected chi connectivity index (χ0v) is 13.2. The quantitative estimate of drug-likeness (QED) is 0.926. The predicted molar refractivity (Wildman–Crippen MR) is 88.1 cm³/mol. The second kappa shape index (κ2) is 6.30. The highest BCUT2D eigenvalue weighted by molar-refractivity contribution is 5.56. The molecule has 1 aliphatic rings. The zero-order valence-electron chi connectivity index (χ0n) is 13.2. The summed E-state index contributed by atoms with van der Waals surface area (Å²) >= 11 is 0. The van der Waals surface area contributed by atoms with E-state index in [-0.39, 0.29) is 5.56 Å². The van der Waals surface area contributed by atoms with Crippen molar-refractivity contribution in [3.63, 3.8) is 0 Å². The smallest absolute Gasteiger partial charge is 0.251 e. The molecule has 22 heavy (non-hydrogen) atoms. The average Bonchev–Trinajstić information content (AvgIpc) is 2.71. The maximum atomic E-state index is 11.5. The van der Waals surface area contributed by atoms with Crippen molar-refractivity contribution in [2.45, 2.75) is 33.1 Å². The summed E-state index contributed by atoms with van der Waals surface area (Å²) in [5, 5.41) is 0. The molecule has 1 aliphatic heterocycles. The van der Waals surface area contributed by atoms with Gasteiger partial charge in [0.2, 0.25) is 0 Å². The van der Waals surface area contributed by atoms with E-state index in [4.69, 9.17) is 0 Å². The Morgan fingerprint density at radius 2 is 2.14 bits per heavy atom. The van der Waals surface area contributed by atoms with Gasteiger partial charge in [0.1, 0.15) is 11.6 Å². The van der Waals surface area contributed by atoms with Crippen LogP contribution in [-0.4, -0.2) is 28.0 Å². The van der Waals surface area contributed by atoms with Crippen molar-refractivity contribution in [1.82, 2.24) is 15.0 Å². The summed E-state index contributed by atoms with van der Waals surface area (Å²) in [4.78, 5) is 25.6. The highest BCUT2D eigenvalue weighted by Gasteiger charge is 2.15. The Labute approximate surface area is 130 Å². The molecule has 5 nitrogen and oxygen atoms in total. The summed E-state index contributed by atoms with van der Waals surface area (Å²) in [6.45, 7) is 6.27. The zero-order chi connectivity index (χ0) is 15.5. The van der Waals surface area contributed by atoms with Crippen molar-refractivity contribution in [3.8, 4) is 11.4 Å². The first kappa shape index (κ1) is 14.8. The summed E-state index contributed by atoms with van der Waals surface area (Å²) < 4.78 is 0. The van der Waals surface area contributed by atoms with Crippen molar-refractivity contribution in [3.05, 3.63) is 40.4 Å². The van der Waals surface area contributed by atoms with E-state index in [0.717, 1.165) is 30.4 Å². The molecule has 0 spiro atoms. The molecule has 0 aromatic carbocycles. The lowest BCUT2D eigenvalue weighted by molar-refractivity contribution is 0.521. The summed E-state index contributed by atoms with van der Waals surface area (Å²) in [5.74, 6) is 2.38. The standard InChI is InChI=1S/C17H22N4O/c1-12-4-3-8-21(9-7-12)15-6-5-14(11-18-15)17-19-13(2)10-16(22)20-17/h5-6,10-12H,3-4,7-9H2,1-2H3,(H,19,20,22). The number of hydrogen-bond acceptors (Lipinski definition) is 4. The highest BCUT2D eigenvalue weighted by Crippen LogP contribution is 2.22. The van der Waals surface area contributed by atoms with E-state index in [1.54, 1.807) is 6.20 Å². The normalized spacial score (nSPS) is 19.0. The molecule has 3 heterocycles. The molecule has 0 radical (unpaired) electrons. The number of pyridine rings is 1. The van der Waals surface area contributed by atoms with Crippen LogP contribution in [0, 0.1) is 12.8 Å². The van der Waals surface area contributed by atoms with Gasteiger partial charge in [-0.05, 0) is 44.2 Å². The van der Waals surface area contributed by atoms with E-state index in [9.17, 15) is 4.79 Å². The lowest BCUT2D eigenvalue weighted by Gasteiger charge is -2.21. The van der Waals surface area contributed by atoms with Crippen LogP contribution >= 0.6 is 0 Å². The molecule has 1 fully saturated rings. The average molecular weight is 298 g/mol. The van der Waals surface area contributed by atoms with Crippen LogP contribution in [0.2, 0.25) is 0 Å². The fourth-order valence-corrected chi connectivity index (χ4v) is 2.92. The number of anilines is 1. The predicted octanol–water partition coefficient (Wildman–Crippen LogP) is 2.77. The van der Waals surface area contributed by atoms with E-state index >= 15 is 0 Å². The first-order valence-corrected chi connectivity index (χ1v) is 7.91. The van der Waals surface area contributed by atoms with E-state index < -0.39 is 0 Å². The van der Waals surface area contributed by atoms with Crippen LogP contribution in [0.5, 0.6) is 0 Å². The molecule has 2 aromatic rings. The molecule has 1 N–H and O–H groups in total. The van der Waals surface area contributed by atoms with Crippen molar-refractivity contribution >= 4 is 5.82 Å². The van der Waals surface area contributed by atoms with Gasteiger partial charge in [-0.2, -0.15) is 0 Å². The SMILES string of the molecule is Cc1cc(=O)[nH]c(-c2ccc(N3CCCC(C)CC3)nc2)n1. The van der Waals surface area contributed by atoms with E-state index in [0.29, 0.717) is 11.5 Å². The van der Waals surface area contributed by atoms with Crippen LogP contribution in [0.4, 0.5) is 5.82 Å². The summed E-state index contributed by atoms with van der Waals surface area (Å²) in [7, 11) is 0. The lowest BCUT2D eigenvalue weighted by Crippen LogP contribution is -2.25. The number of rotatable bonds is 2. The topological polar surface area (TPSA) is 61.9 Å². The van der Waals surface area contributed by atoms with Crippen molar-refractivity contribution in [2.24, 2.45) is 5.92 Å². The molecule has 3 rings (SSSR count). The number of nitrogens with zero attached hydrogens (tertiary/aromatic N) is 3. The van der Waals surface area contributed by atoms with Crippen LogP contribution in [0.25, 0.3) is 11.4 Å². The number of nitrogens with one attached hydrogen (secondary N) is 1. The summed E-state index contributed by atoms with van der Waals surface area (Å²) in [6, 6.07) is 5.49. The summed E-state index contributed by atoms with van der Waals surface area (Å²) in [6.07, 6.45) is 5.53. The molecule has 1 saturated heterocycles. The minimum absolute atomic E-state index is 0.131. The van der Waals surface area contributed by atoms with Gasteiger partial charge in [0, 0.05) is 36.6 Å². The van der Waals surface area contributed by atoms with Gasteiger partial charge in [0.15, 0.2) is 0 Å². The van der Waals surface area contributed by atoms with Crippen LogP contribution in [0.15, 0.2) is 29.2 Å². The van der Waals surface area contributed by atoms with Gasteiger partial charge in [0.05, 0.1) is 0 Å². The third-order valence-corrected chi connectivity index (χ3v) is 4.23. The van der Waals surface area contributed by atoms with Crippen molar-refractivity contribution < 1.29 is 0 Å². The Morgan fingerprint density at radius 1 is 1.27 bits per heavy atom. The maximum Gasteiger partial charge on any atom is 0.251 e. The van der Waals surface area contributed by atoms with Crippen molar-refractivity contribution in [2.75, 3.05) is 18.0 Å². The van der Waals surface area contributed by atoms with Gasteiger partial charge in [-0.15, -0.1) is 0 Å². The highest BCUT2D eigenvalue weighted by atomic mass is 16.1. The van der Waals surface area contributed by atoms with Gasteiger partial charge in [-0.1, -0.05) is 6.92 Å². The maximum absolute atomic E-state index is 11.5. The van der Waals surface area contributed by atoms with Crippen molar-refractivity contribution in [1.29, 1.82) is 0 Å². The van der Waals surface area contributed by atoms with Crippen LogP contribution in [0.3, 0.4) is 0 Å². The van der Waals surface area contributed by atoms with E-state index in [2.05, 4.69) is 26.8 Å².